The van der Waals surface area contributed by atoms with E-state index >= 15 is 0 Å². The van der Waals surface area contributed by atoms with Crippen LogP contribution in [0.3, 0.4) is 0 Å². The number of aryl methyl sites for hydroxylation is 1. The molecule has 2 aromatic heterocycles. The molecule has 0 bridgehead atoms. The average Bonchev–Trinajstić information content (AvgIpc) is 2.93. The van der Waals surface area contributed by atoms with Crippen LogP contribution in [-0.2, 0) is 11.8 Å². The number of para-hydroxylation sites is 1. The Hall–Kier alpha value is -3.61. The maximum Gasteiger partial charge on any atom is 0.419 e. The lowest BCUT2D eigenvalue weighted by molar-refractivity contribution is -0.116. The molecule has 1 aliphatic heterocycles. The number of carbonyl (C=O) groups is 1. The van der Waals surface area contributed by atoms with Crippen LogP contribution in [0.15, 0.2) is 51.7 Å². The van der Waals surface area contributed by atoms with E-state index in [1.807, 2.05) is 24.3 Å². The lowest BCUT2D eigenvalue weighted by Gasteiger charge is -2.25. The molecule has 1 aliphatic rings. The van der Waals surface area contributed by atoms with Crippen molar-refractivity contribution >= 4 is 33.6 Å². The van der Waals surface area contributed by atoms with E-state index in [1.165, 1.54) is 4.57 Å². The van der Waals surface area contributed by atoms with Gasteiger partial charge >= 0.3 is 5.76 Å². The van der Waals surface area contributed by atoms with E-state index in [1.54, 1.807) is 25.2 Å². The van der Waals surface area contributed by atoms with Gasteiger partial charge in [0.1, 0.15) is 11.3 Å². The van der Waals surface area contributed by atoms with E-state index in [0.29, 0.717) is 28.0 Å². The van der Waals surface area contributed by atoms with Gasteiger partial charge in [-0.05, 0) is 23.8 Å². The van der Waals surface area contributed by atoms with Crippen molar-refractivity contribution in [2.24, 2.45) is 7.05 Å². The van der Waals surface area contributed by atoms with Crippen LogP contribution in [0, 0.1) is 0 Å². The molecular formula is C20H15N3O4. The summed E-state index contributed by atoms with van der Waals surface area (Å²) in [6, 6.07) is 12.5. The van der Waals surface area contributed by atoms with Crippen molar-refractivity contribution < 1.29 is 14.3 Å². The smallest absolute Gasteiger partial charge is 0.419 e. The van der Waals surface area contributed by atoms with Crippen LogP contribution < -0.4 is 11.1 Å². The van der Waals surface area contributed by atoms with Gasteiger partial charge in [0.05, 0.1) is 5.52 Å². The van der Waals surface area contributed by atoms with E-state index in [-0.39, 0.29) is 24.0 Å². The molecule has 0 saturated heterocycles. The molecular weight excluding hydrogens is 346 g/mol. The summed E-state index contributed by atoms with van der Waals surface area (Å²) in [5, 5.41) is 13.8. The average molecular weight is 361 g/mol. The molecule has 0 fully saturated rings. The standard InChI is InChI=1S/C20H15N3O4/c1-23-15-7-11-12(8-18(25)21-14(11)9-17(15)27-20(23)26)13-6-5-10-3-2-4-16(24)19(10)22-13/h2-7,9,12,24H,8H2,1H3,(H,21,25)/t12-/m0/s1. The van der Waals surface area contributed by atoms with Crippen molar-refractivity contribution in [1.29, 1.82) is 0 Å². The first kappa shape index (κ1) is 15.6. The third-order valence-corrected chi connectivity index (χ3v) is 5.08. The minimum absolute atomic E-state index is 0.0996. The molecule has 0 saturated carbocycles. The first-order valence-corrected chi connectivity index (χ1v) is 8.53. The number of aromatic nitrogens is 2. The molecule has 7 nitrogen and oxygen atoms in total. The Morgan fingerprint density at radius 2 is 2.07 bits per heavy atom. The highest BCUT2D eigenvalue weighted by atomic mass is 16.4. The number of phenolic OH excluding ortho intramolecular Hbond substituents is 1. The van der Waals surface area contributed by atoms with Crippen molar-refractivity contribution in [3.05, 3.63) is 64.3 Å². The Balaban J connectivity index is 1.74. The number of oxazole rings is 1. The van der Waals surface area contributed by atoms with E-state index < -0.39 is 5.76 Å². The molecule has 0 spiro atoms. The molecule has 4 aromatic rings. The maximum atomic E-state index is 12.3. The third-order valence-electron chi connectivity index (χ3n) is 5.08. The van der Waals surface area contributed by atoms with Crippen molar-refractivity contribution in [2.75, 3.05) is 5.32 Å². The number of aromatic hydroxyl groups is 1. The molecule has 134 valence electrons. The predicted octanol–water partition coefficient (Wildman–Crippen LogP) is 2.86. The van der Waals surface area contributed by atoms with Gasteiger partial charge in [0.2, 0.25) is 5.91 Å². The molecule has 1 atom stereocenters. The van der Waals surface area contributed by atoms with Gasteiger partial charge in [-0.15, -0.1) is 0 Å². The number of phenols is 1. The van der Waals surface area contributed by atoms with Crippen LogP contribution in [-0.4, -0.2) is 20.6 Å². The number of anilines is 1. The Bertz CT molecular complexity index is 1300. The van der Waals surface area contributed by atoms with Crippen LogP contribution in [0.1, 0.15) is 23.6 Å². The normalized spacial score (nSPS) is 16.5. The Labute approximate surface area is 152 Å². The number of pyridine rings is 1. The molecule has 5 rings (SSSR count). The summed E-state index contributed by atoms with van der Waals surface area (Å²) in [7, 11) is 1.64. The summed E-state index contributed by atoms with van der Waals surface area (Å²) in [6.07, 6.45) is 0.233. The molecule has 2 N–H and O–H groups in total. The van der Waals surface area contributed by atoms with E-state index in [4.69, 9.17) is 4.42 Å². The molecule has 0 aliphatic carbocycles. The largest absolute Gasteiger partial charge is 0.506 e. The summed E-state index contributed by atoms with van der Waals surface area (Å²) < 4.78 is 6.66. The number of rotatable bonds is 1. The zero-order valence-corrected chi connectivity index (χ0v) is 14.4. The second-order valence-electron chi connectivity index (χ2n) is 6.72. The molecule has 2 aromatic carbocycles. The number of benzene rings is 2. The van der Waals surface area contributed by atoms with Gasteiger partial charge in [-0.1, -0.05) is 18.2 Å². The number of carbonyl (C=O) groups excluding carboxylic acids is 1. The fourth-order valence-corrected chi connectivity index (χ4v) is 3.69. The minimum Gasteiger partial charge on any atom is -0.506 e. The number of hydrogen-bond acceptors (Lipinski definition) is 5. The van der Waals surface area contributed by atoms with Crippen molar-refractivity contribution in [1.82, 2.24) is 9.55 Å². The van der Waals surface area contributed by atoms with Crippen LogP contribution in [0.5, 0.6) is 5.75 Å². The van der Waals surface area contributed by atoms with Crippen LogP contribution >= 0.6 is 0 Å². The van der Waals surface area contributed by atoms with Crippen molar-refractivity contribution in [3.8, 4) is 5.75 Å². The van der Waals surface area contributed by atoms with Crippen LogP contribution in [0.2, 0.25) is 0 Å². The number of fused-ring (bicyclic) bond motifs is 3. The monoisotopic (exact) mass is 361 g/mol. The second-order valence-corrected chi connectivity index (χ2v) is 6.72. The highest BCUT2D eigenvalue weighted by Gasteiger charge is 2.29. The quantitative estimate of drug-likeness (QED) is 0.543. The zero-order valence-electron chi connectivity index (χ0n) is 14.4. The predicted molar refractivity (Wildman–Crippen MR) is 100.0 cm³/mol. The number of amides is 1. The van der Waals surface area contributed by atoms with Gasteiger partial charge in [-0.25, -0.2) is 9.78 Å². The van der Waals surface area contributed by atoms with Gasteiger partial charge in [0, 0.05) is 42.2 Å². The van der Waals surface area contributed by atoms with Crippen LogP contribution in [0.4, 0.5) is 5.69 Å². The minimum atomic E-state index is -0.455. The fourth-order valence-electron chi connectivity index (χ4n) is 3.69. The van der Waals surface area contributed by atoms with Crippen molar-refractivity contribution in [3.63, 3.8) is 0 Å². The number of nitrogens with one attached hydrogen (secondary N) is 1. The fraction of sp³-hybridized carbons (Fsp3) is 0.150. The first-order valence-electron chi connectivity index (χ1n) is 8.53. The molecule has 1 amide bonds. The van der Waals surface area contributed by atoms with Gasteiger partial charge < -0.3 is 14.8 Å². The summed E-state index contributed by atoms with van der Waals surface area (Å²) in [6.45, 7) is 0. The number of nitrogens with zero attached hydrogens (tertiary/aromatic N) is 2. The molecule has 27 heavy (non-hydrogen) atoms. The summed E-state index contributed by atoms with van der Waals surface area (Å²) >= 11 is 0. The van der Waals surface area contributed by atoms with Gasteiger partial charge in [0.15, 0.2) is 5.58 Å². The Morgan fingerprint density at radius 1 is 1.22 bits per heavy atom. The molecule has 3 heterocycles. The van der Waals surface area contributed by atoms with E-state index in [0.717, 1.165) is 10.9 Å². The molecule has 0 radical (unpaired) electrons. The Morgan fingerprint density at radius 3 is 2.93 bits per heavy atom. The zero-order chi connectivity index (χ0) is 18.7. The maximum absolute atomic E-state index is 12.3. The SMILES string of the molecule is Cn1c(=O)oc2cc3c(cc21)[C@@H](c1ccc2cccc(O)c2n1)CC(=O)N3. The number of hydrogen-bond donors (Lipinski definition) is 2. The summed E-state index contributed by atoms with van der Waals surface area (Å²) in [4.78, 5) is 28.7. The highest BCUT2D eigenvalue weighted by Crippen LogP contribution is 2.39. The van der Waals surface area contributed by atoms with Gasteiger partial charge in [0.25, 0.3) is 0 Å². The summed E-state index contributed by atoms with van der Waals surface area (Å²) in [5.41, 5.74) is 3.74. The Kier molecular flexibility index (Phi) is 3.15. The molecule has 7 heteroatoms. The third kappa shape index (κ3) is 2.32. The summed E-state index contributed by atoms with van der Waals surface area (Å²) in [5.74, 6) is -0.775. The van der Waals surface area contributed by atoms with E-state index in [2.05, 4.69) is 10.3 Å². The topological polar surface area (TPSA) is 97.4 Å². The molecule has 0 unspecified atom stereocenters. The lowest BCUT2D eigenvalue weighted by atomic mass is 9.87. The van der Waals surface area contributed by atoms with Crippen molar-refractivity contribution in [2.45, 2.75) is 12.3 Å². The van der Waals surface area contributed by atoms with Gasteiger partial charge in [-0.3, -0.25) is 9.36 Å². The van der Waals surface area contributed by atoms with Gasteiger partial charge in [-0.2, -0.15) is 0 Å². The lowest BCUT2D eigenvalue weighted by Crippen LogP contribution is -2.24. The van der Waals surface area contributed by atoms with E-state index in [9.17, 15) is 14.7 Å². The van der Waals surface area contributed by atoms with Crippen LogP contribution in [0.25, 0.3) is 22.0 Å². The first-order chi connectivity index (χ1) is 13.0. The second kappa shape index (κ2) is 5.44. The highest BCUT2D eigenvalue weighted by molar-refractivity contribution is 5.98.